The number of benzene rings is 1. The highest BCUT2D eigenvalue weighted by Crippen LogP contribution is 2.32. The molecule has 1 aliphatic carbocycles. The molecule has 0 saturated heterocycles. The van der Waals surface area contributed by atoms with Crippen LogP contribution in [-0.4, -0.2) is 34.0 Å². The topological polar surface area (TPSA) is 57.6 Å². The predicted molar refractivity (Wildman–Crippen MR) is 65.1 cm³/mol. The molecule has 1 fully saturated rings. The Labute approximate surface area is 114 Å². The van der Waals surface area contributed by atoms with E-state index in [9.17, 15) is 23.5 Å². The molecular weight excluding hydrogens is 268 g/mol. The first kappa shape index (κ1) is 13.2. The van der Waals surface area contributed by atoms with Crippen molar-refractivity contribution in [1.29, 1.82) is 0 Å². The summed E-state index contributed by atoms with van der Waals surface area (Å²) in [6.45, 7) is 0. The number of nitrogens with zero attached hydrogens (tertiary/aromatic N) is 1. The van der Waals surface area contributed by atoms with Crippen LogP contribution in [0.2, 0.25) is 0 Å². The fourth-order valence-corrected chi connectivity index (χ4v) is 2.95. The average molecular weight is 281 g/mol. The van der Waals surface area contributed by atoms with Gasteiger partial charge in [-0.2, -0.15) is 0 Å². The molecular formula is C14H13F2NO3. The number of aliphatic hydroxyl groups excluding tert-OH is 1. The highest BCUT2D eigenvalue weighted by atomic mass is 19.2. The molecule has 0 bridgehead atoms. The van der Waals surface area contributed by atoms with Crippen molar-refractivity contribution in [2.24, 2.45) is 0 Å². The summed E-state index contributed by atoms with van der Waals surface area (Å²) in [5.41, 5.74) is -0.265. The number of amides is 2. The number of fused-ring (bicyclic) bond motifs is 1. The van der Waals surface area contributed by atoms with Crippen molar-refractivity contribution in [1.82, 2.24) is 4.90 Å². The van der Waals surface area contributed by atoms with E-state index in [1.54, 1.807) is 0 Å². The smallest absolute Gasteiger partial charge is 0.262 e. The minimum absolute atomic E-state index is 0.133. The molecule has 2 aliphatic rings. The zero-order chi connectivity index (χ0) is 14.4. The van der Waals surface area contributed by atoms with Crippen LogP contribution >= 0.6 is 0 Å². The third-order valence-corrected chi connectivity index (χ3v) is 3.98. The van der Waals surface area contributed by atoms with Gasteiger partial charge in [-0.3, -0.25) is 14.5 Å². The van der Waals surface area contributed by atoms with Gasteiger partial charge in [0.15, 0.2) is 11.6 Å². The molecule has 2 unspecified atom stereocenters. The summed E-state index contributed by atoms with van der Waals surface area (Å²) in [7, 11) is 0. The molecule has 1 aromatic carbocycles. The summed E-state index contributed by atoms with van der Waals surface area (Å²) < 4.78 is 26.4. The maximum absolute atomic E-state index is 13.2. The number of carbonyl (C=O) groups is 2. The molecule has 2 atom stereocenters. The van der Waals surface area contributed by atoms with Crippen LogP contribution < -0.4 is 0 Å². The van der Waals surface area contributed by atoms with E-state index in [1.165, 1.54) is 0 Å². The van der Waals surface area contributed by atoms with E-state index >= 15 is 0 Å². The zero-order valence-corrected chi connectivity index (χ0v) is 10.6. The van der Waals surface area contributed by atoms with Crippen LogP contribution in [0.3, 0.4) is 0 Å². The molecule has 0 radical (unpaired) electrons. The van der Waals surface area contributed by atoms with E-state index in [1.807, 2.05) is 0 Å². The Morgan fingerprint density at radius 2 is 1.50 bits per heavy atom. The van der Waals surface area contributed by atoms with Gasteiger partial charge >= 0.3 is 0 Å². The second-order valence-electron chi connectivity index (χ2n) is 5.21. The first-order valence-electron chi connectivity index (χ1n) is 6.55. The van der Waals surface area contributed by atoms with Crippen LogP contribution in [0.25, 0.3) is 0 Å². The molecule has 20 heavy (non-hydrogen) atoms. The lowest BCUT2D eigenvalue weighted by Crippen LogP contribution is -2.48. The predicted octanol–water partition coefficient (Wildman–Crippen LogP) is 1.86. The summed E-state index contributed by atoms with van der Waals surface area (Å²) in [6.07, 6.45) is 1.89. The quantitative estimate of drug-likeness (QED) is 0.799. The first-order valence-corrected chi connectivity index (χ1v) is 6.55. The second kappa shape index (κ2) is 4.63. The van der Waals surface area contributed by atoms with Gasteiger partial charge in [-0.05, 0) is 25.0 Å². The number of halogens is 2. The molecule has 1 N–H and O–H groups in total. The Morgan fingerprint density at radius 3 is 2.00 bits per heavy atom. The van der Waals surface area contributed by atoms with Crippen LogP contribution in [-0.2, 0) is 0 Å². The Hall–Kier alpha value is -1.82. The van der Waals surface area contributed by atoms with Crippen molar-refractivity contribution >= 4 is 11.8 Å². The van der Waals surface area contributed by atoms with Gasteiger partial charge in [0.25, 0.3) is 11.8 Å². The van der Waals surface area contributed by atoms with Gasteiger partial charge < -0.3 is 5.11 Å². The van der Waals surface area contributed by atoms with E-state index in [0.717, 1.165) is 29.9 Å². The summed E-state index contributed by atoms with van der Waals surface area (Å²) in [6, 6.07) is 0.891. The summed E-state index contributed by atoms with van der Waals surface area (Å²) in [5.74, 6) is -3.63. The fraction of sp³-hybridized carbons (Fsp3) is 0.429. The van der Waals surface area contributed by atoms with Gasteiger partial charge in [0, 0.05) is 0 Å². The van der Waals surface area contributed by atoms with Gasteiger partial charge in [-0.25, -0.2) is 8.78 Å². The third-order valence-electron chi connectivity index (χ3n) is 3.98. The first-order chi connectivity index (χ1) is 9.50. The SMILES string of the molecule is O=C1c2cc(F)c(F)cc2C(=O)N1C1CCCCC1O. The van der Waals surface area contributed by atoms with Crippen molar-refractivity contribution in [3.63, 3.8) is 0 Å². The summed E-state index contributed by atoms with van der Waals surface area (Å²) in [4.78, 5) is 25.4. The number of hydrogen-bond donors (Lipinski definition) is 1. The lowest BCUT2D eigenvalue weighted by Gasteiger charge is -2.33. The minimum Gasteiger partial charge on any atom is -0.391 e. The number of imide groups is 1. The van der Waals surface area contributed by atoms with Gasteiger partial charge in [0.2, 0.25) is 0 Å². The molecule has 1 heterocycles. The summed E-state index contributed by atoms with van der Waals surface area (Å²) >= 11 is 0. The van der Waals surface area contributed by atoms with Gasteiger partial charge in [-0.15, -0.1) is 0 Å². The molecule has 1 aliphatic heterocycles. The molecule has 0 aromatic heterocycles. The number of aliphatic hydroxyl groups is 1. The highest BCUT2D eigenvalue weighted by Gasteiger charge is 2.43. The second-order valence-corrected chi connectivity index (χ2v) is 5.21. The number of carbonyl (C=O) groups excluding carboxylic acids is 2. The van der Waals surface area contributed by atoms with Crippen LogP contribution in [0.1, 0.15) is 46.4 Å². The van der Waals surface area contributed by atoms with E-state index < -0.39 is 35.6 Å². The maximum atomic E-state index is 13.2. The number of hydrogen-bond acceptors (Lipinski definition) is 3. The molecule has 2 amide bonds. The van der Waals surface area contributed by atoms with Gasteiger partial charge in [-0.1, -0.05) is 12.8 Å². The molecule has 106 valence electrons. The van der Waals surface area contributed by atoms with Crippen LogP contribution in [0.15, 0.2) is 12.1 Å². The maximum Gasteiger partial charge on any atom is 0.262 e. The average Bonchev–Trinajstić information content (AvgIpc) is 2.64. The van der Waals surface area contributed by atoms with Crippen molar-refractivity contribution in [3.8, 4) is 0 Å². The zero-order valence-electron chi connectivity index (χ0n) is 10.6. The lowest BCUT2D eigenvalue weighted by molar-refractivity contribution is 0.0203. The van der Waals surface area contributed by atoms with Crippen molar-refractivity contribution in [2.45, 2.75) is 37.8 Å². The van der Waals surface area contributed by atoms with Crippen LogP contribution in [0, 0.1) is 11.6 Å². The number of rotatable bonds is 1. The van der Waals surface area contributed by atoms with E-state index in [-0.39, 0.29) is 11.1 Å². The Morgan fingerprint density at radius 1 is 1.00 bits per heavy atom. The minimum atomic E-state index is -1.16. The van der Waals surface area contributed by atoms with Crippen LogP contribution in [0.4, 0.5) is 8.78 Å². The highest BCUT2D eigenvalue weighted by molar-refractivity contribution is 6.21. The van der Waals surface area contributed by atoms with E-state index in [2.05, 4.69) is 0 Å². The van der Waals surface area contributed by atoms with E-state index in [0.29, 0.717) is 12.8 Å². The lowest BCUT2D eigenvalue weighted by atomic mass is 9.91. The molecule has 1 saturated carbocycles. The Bertz CT molecular complexity index is 561. The molecule has 0 spiro atoms. The van der Waals surface area contributed by atoms with Crippen molar-refractivity contribution in [2.75, 3.05) is 0 Å². The molecule has 6 heteroatoms. The van der Waals surface area contributed by atoms with Crippen molar-refractivity contribution in [3.05, 3.63) is 34.9 Å². The third kappa shape index (κ3) is 1.83. The van der Waals surface area contributed by atoms with Gasteiger partial charge in [0.1, 0.15) is 0 Å². The molecule has 4 nitrogen and oxygen atoms in total. The molecule has 3 rings (SSSR count). The van der Waals surface area contributed by atoms with Crippen LogP contribution in [0.5, 0.6) is 0 Å². The fourth-order valence-electron chi connectivity index (χ4n) is 2.95. The standard InChI is InChI=1S/C14H13F2NO3/c15-9-5-7-8(6-10(9)16)14(20)17(13(7)19)11-3-1-2-4-12(11)18/h5-6,11-12,18H,1-4H2. The summed E-state index contributed by atoms with van der Waals surface area (Å²) in [5, 5.41) is 9.96. The Kier molecular flexibility index (Phi) is 3.05. The Balaban J connectivity index is 2.00. The monoisotopic (exact) mass is 281 g/mol. The van der Waals surface area contributed by atoms with Crippen molar-refractivity contribution < 1.29 is 23.5 Å². The molecule has 1 aromatic rings. The van der Waals surface area contributed by atoms with Gasteiger partial charge in [0.05, 0.1) is 23.3 Å². The normalized spacial score (nSPS) is 26.1. The van der Waals surface area contributed by atoms with E-state index in [4.69, 9.17) is 0 Å². The largest absolute Gasteiger partial charge is 0.391 e.